The molecule has 1 aromatic rings. The number of rotatable bonds is 6. The van der Waals surface area contributed by atoms with Gasteiger partial charge in [-0.3, -0.25) is 0 Å². The van der Waals surface area contributed by atoms with Gasteiger partial charge in [0.05, 0.1) is 0 Å². The van der Waals surface area contributed by atoms with E-state index in [9.17, 15) is 0 Å². The number of hydrogen-bond donors (Lipinski definition) is 1. The van der Waals surface area contributed by atoms with Gasteiger partial charge in [-0.2, -0.15) is 0 Å². The molecule has 2 nitrogen and oxygen atoms in total. The van der Waals surface area contributed by atoms with Crippen LogP contribution in [0.5, 0.6) is 5.75 Å². The maximum Gasteiger partial charge on any atom is 0.119 e. The molecule has 1 N–H and O–H groups in total. The minimum absolute atomic E-state index is 0.213. The maximum absolute atomic E-state index is 5.71. The molecule has 0 aliphatic heterocycles. The summed E-state index contributed by atoms with van der Waals surface area (Å²) in [6, 6.07) is 8.46. The van der Waals surface area contributed by atoms with Crippen LogP contribution < -0.4 is 10.1 Å². The highest BCUT2D eigenvalue weighted by Crippen LogP contribution is 2.27. The Hall–Kier alpha value is -1.02. The van der Waals surface area contributed by atoms with Gasteiger partial charge in [0.15, 0.2) is 0 Å². The van der Waals surface area contributed by atoms with Crippen molar-refractivity contribution in [2.45, 2.75) is 39.0 Å². The third-order valence-electron chi connectivity index (χ3n) is 3.40. The first-order valence-corrected chi connectivity index (χ1v) is 7.00. The number of hydrogen-bond acceptors (Lipinski definition) is 2. The van der Waals surface area contributed by atoms with Gasteiger partial charge in [0, 0.05) is 6.54 Å². The molecular weight excluding hydrogens is 222 g/mol. The van der Waals surface area contributed by atoms with Crippen LogP contribution in [0.15, 0.2) is 24.3 Å². The van der Waals surface area contributed by atoms with Crippen LogP contribution in [0.3, 0.4) is 0 Å². The lowest BCUT2D eigenvalue weighted by molar-refractivity contribution is 0.313. The van der Waals surface area contributed by atoms with E-state index in [0.29, 0.717) is 0 Å². The van der Waals surface area contributed by atoms with E-state index in [1.54, 1.807) is 0 Å². The third-order valence-corrected chi connectivity index (χ3v) is 3.40. The fourth-order valence-electron chi connectivity index (χ4n) is 1.92. The fraction of sp³-hybridized carbons (Fsp3) is 0.625. The molecule has 0 radical (unpaired) electrons. The maximum atomic E-state index is 5.71. The quantitative estimate of drug-likeness (QED) is 0.778. The van der Waals surface area contributed by atoms with Gasteiger partial charge in [-0.05, 0) is 48.4 Å². The Kier molecular flexibility index (Phi) is 4.28. The predicted octanol–water partition coefficient (Wildman–Crippen LogP) is 3.36. The Labute approximate surface area is 111 Å². The van der Waals surface area contributed by atoms with E-state index in [4.69, 9.17) is 4.74 Å². The molecule has 1 aliphatic carbocycles. The Balaban J connectivity index is 1.69. The number of nitrogens with one attached hydrogen (secondary N) is 1. The van der Waals surface area contributed by atoms with Gasteiger partial charge in [-0.15, -0.1) is 0 Å². The van der Waals surface area contributed by atoms with Crippen molar-refractivity contribution >= 4 is 0 Å². The molecule has 2 rings (SSSR count). The Bertz CT molecular complexity index is 360. The van der Waals surface area contributed by atoms with Gasteiger partial charge < -0.3 is 10.1 Å². The largest absolute Gasteiger partial charge is 0.492 e. The summed E-state index contributed by atoms with van der Waals surface area (Å²) in [5.74, 6) is 1.91. The molecule has 0 amide bonds. The van der Waals surface area contributed by atoms with E-state index < -0.39 is 0 Å². The first kappa shape index (κ1) is 13.4. The van der Waals surface area contributed by atoms with Crippen molar-refractivity contribution in [3.05, 3.63) is 29.8 Å². The monoisotopic (exact) mass is 247 g/mol. The van der Waals surface area contributed by atoms with E-state index in [2.05, 4.69) is 50.4 Å². The second-order valence-corrected chi connectivity index (χ2v) is 6.27. The summed E-state index contributed by atoms with van der Waals surface area (Å²) in [6.07, 6.45) is 2.81. The average molecular weight is 247 g/mol. The van der Waals surface area contributed by atoms with Gasteiger partial charge in [0.1, 0.15) is 12.4 Å². The standard InChI is InChI=1S/C16H25NO/c1-16(2,3)14-6-8-15(9-7-14)18-11-10-17-12-13-4-5-13/h6-9,13,17H,4-5,10-12H2,1-3H3. The molecule has 0 heterocycles. The van der Waals surface area contributed by atoms with Crippen LogP contribution in [-0.2, 0) is 5.41 Å². The van der Waals surface area contributed by atoms with E-state index in [0.717, 1.165) is 31.4 Å². The topological polar surface area (TPSA) is 21.3 Å². The third kappa shape index (κ3) is 4.34. The summed E-state index contributed by atoms with van der Waals surface area (Å²) in [6.45, 7) is 9.53. The second-order valence-electron chi connectivity index (χ2n) is 6.27. The Morgan fingerprint density at radius 1 is 1.17 bits per heavy atom. The zero-order chi connectivity index (χ0) is 13.0. The normalized spacial score (nSPS) is 15.7. The van der Waals surface area contributed by atoms with Crippen LogP contribution in [0.2, 0.25) is 0 Å². The zero-order valence-electron chi connectivity index (χ0n) is 11.8. The van der Waals surface area contributed by atoms with Gasteiger partial charge in [0.2, 0.25) is 0 Å². The summed E-state index contributed by atoms with van der Waals surface area (Å²) in [5.41, 5.74) is 1.56. The van der Waals surface area contributed by atoms with Gasteiger partial charge in [-0.1, -0.05) is 32.9 Å². The average Bonchev–Trinajstić information content (AvgIpc) is 3.12. The molecule has 18 heavy (non-hydrogen) atoms. The highest BCUT2D eigenvalue weighted by molar-refractivity contribution is 5.31. The SMILES string of the molecule is CC(C)(C)c1ccc(OCCNCC2CC2)cc1. The molecular formula is C16H25NO. The molecule has 1 aliphatic rings. The lowest BCUT2D eigenvalue weighted by atomic mass is 9.87. The minimum Gasteiger partial charge on any atom is -0.492 e. The van der Waals surface area contributed by atoms with Crippen molar-refractivity contribution in [2.24, 2.45) is 5.92 Å². The molecule has 0 saturated heterocycles. The molecule has 100 valence electrons. The highest BCUT2D eigenvalue weighted by atomic mass is 16.5. The first-order chi connectivity index (χ1) is 8.55. The molecule has 1 fully saturated rings. The highest BCUT2D eigenvalue weighted by Gasteiger charge is 2.19. The summed E-state index contributed by atoms with van der Waals surface area (Å²) >= 11 is 0. The smallest absolute Gasteiger partial charge is 0.119 e. The van der Waals surface area contributed by atoms with Crippen LogP contribution in [-0.4, -0.2) is 19.7 Å². The van der Waals surface area contributed by atoms with Crippen molar-refractivity contribution in [1.29, 1.82) is 0 Å². The van der Waals surface area contributed by atoms with E-state index >= 15 is 0 Å². The van der Waals surface area contributed by atoms with Gasteiger partial charge in [-0.25, -0.2) is 0 Å². The van der Waals surface area contributed by atoms with Crippen LogP contribution in [0.4, 0.5) is 0 Å². The van der Waals surface area contributed by atoms with Crippen molar-refractivity contribution in [1.82, 2.24) is 5.32 Å². The number of ether oxygens (including phenoxy) is 1. The molecule has 0 aromatic heterocycles. The summed E-state index contributed by atoms with van der Waals surface area (Å²) in [7, 11) is 0. The molecule has 1 saturated carbocycles. The van der Waals surface area contributed by atoms with Crippen LogP contribution in [0.1, 0.15) is 39.2 Å². The molecule has 2 heteroatoms. The van der Waals surface area contributed by atoms with Crippen molar-refractivity contribution in [3.8, 4) is 5.75 Å². The molecule has 0 spiro atoms. The first-order valence-electron chi connectivity index (χ1n) is 7.00. The van der Waals surface area contributed by atoms with E-state index in [1.807, 2.05) is 0 Å². The Morgan fingerprint density at radius 3 is 2.39 bits per heavy atom. The Morgan fingerprint density at radius 2 is 1.83 bits per heavy atom. The molecule has 0 atom stereocenters. The zero-order valence-corrected chi connectivity index (χ0v) is 11.8. The van der Waals surface area contributed by atoms with Crippen molar-refractivity contribution in [2.75, 3.05) is 19.7 Å². The lowest BCUT2D eigenvalue weighted by Crippen LogP contribution is -2.23. The lowest BCUT2D eigenvalue weighted by Gasteiger charge is -2.19. The molecule has 1 aromatic carbocycles. The van der Waals surface area contributed by atoms with E-state index in [1.165, 1.54) is 18.4 Å². The van der Waals surface area contributed by atoms with Crippen LogP contribution in [0, 0.1) is 5.92 Å². The number of benzene rings is 1. The summed E-state index contributed by atoms with van der Waals surface area (Å²) in [4.78, 5) is 0. The summed E-state index contributed by atoms with van der Waals surface area (Å²) in [5, 5.41) is 3.43. The van der Waals surface area contributed by atoms with Gasteiger partial charge in [0.25, 0.3) is 0 Å². The summed E-state index contributed by atoms with van der Waals surface area (Å²) < 4.78 is 5.71. The van der Waals surface area contributed by atoms with E-state index in [-0.39, 0.29) is 5.41 Å². The molecule has 0 bridgehead atoms. The van der Waals surface area contributed by atoms with Crippen molar-refractivity contribution in [3.63, 3.8) is 0 Å². The fourth-order valence-corrected chi connectivity index (χ4v) is 1.92. The predicted molar refractivity (Wildman–Crippen MR) is 76.2 cm³/mol. The van der Waals surface area contributed by atoms with Crippen LogP contribution >= 0.6 is 0 Å². The van der Waals surface area contributed by atoms with Crippen LogP contribution in [0.25, 0.3) is 0 Å². The molecule has 0 unspecified atom stereocenters. The minimum atomic E-state index is 0.213. The van der Waals surface area contributed by atoms with Gasteiger partial charge >= 0.3 is 0 Å². The van der Waals surface area contributed by atoms with Crippen molar-refractivity contribution < 1.29 is 4.74 Å². The second kappa shape index (κ2) is 5.75.